The van der Waals surface area contributed by atoms with Crippen LogP contribution in [0.15, 0.2) is 83.1 Å². The number of hydrogen-bond acceptors (Lipinski definition) is 5. The molecule has 126 valence electrons. The molecule has 1 aliphatic rings. The summed E-state index contributed by atoms with van der Waals surface area (Å²) in [6, 6.07) is 19.7. The van der Waals surface area contributed by atoms with Crippen LogP contribution in [-0.4, -0.2) is 11.6 Å². The molecule has 0 radical (unpaired) electrons. The molecular weight excluding hydrogens is 369 g/mol. The van der Waals surface area contributed by atoms with Crippen LogP contribution in [0, 0.1) is 5.21 Å². The van der Waals surface area contributed by atoms with Crippen LogP contribution < -0.4 is 56.6 Å². The largest absolute Gasteiger partial charge is 1.00 e. The van der Waals surface area contributed by atoms with Crippen LogP contribution >= 0.6 is 0 Å². The van der Waals surface area contributed by atoms with Gasteiger partial charge in [0.05, 0.1) is 5.69 Å². The van der Waals surface area contributed by atoms with Crippen LogP contribution in [0.2, 0.25) is 0 Å². The second kappa shape index (κ2) is 8.34. The summed E-state index contributed by atoms with van der Waals surface area (Å²) in [7, 11) is 0. The van der Waals surface area contributed by atoms with Crippen molar-refractivity contribution in [3.05, 3.63) is 100 Å². The number of anilines is 1. The molecule has 6 nitrogen and oxygen atoms in total. The first-order valence-corrected chi connectivity index (χ1v) is 7.91. The Kier molecular flexibility index (Phi) is 6.10. The zero-order valence-electron chi connectivity index (χ0n) is 14.5. The second-order valence-corrected chi connectivity index (χ2v) is 5.73. The third-order valence-electron chi connectivity index (χ3n) is 4.13. The van der Waals surface area contributed by atoms with E-state index in [0.29, 0.717) is 33.2 Å². The fourth-order valence-corrected chi connectivity index (χ4v) is 2.85. The van der Waals surface area contributed by atoms with E-state index in [9.17, 15) is 14.8 Å². The minimum Gasteiger partial charge on any atom is -0.736 e. The van der Waals surface area contributed by atoms with Crippen molar-refractivity contribution in [3.63, 3.8) is 0 Å². The third kappa shape index (κ3) is 3.84. The molecule has 0 aromatic heterocycles. The van der Waals surface area contributed by atoms with Gasteiger partial charge in [-0.15, -0.1) is 5.11 Å². The van der Waals surface area contributed by atoms with Crippen molar-refractivity contribution in [2.75, 3.05) is 5.17 Å². The Morgan fingerprint density at radius 3 is 1.93 bits per heavy atom. The third-order valence-corrected chi connectivity index (χ3v) is 4.13. The summed E-state index contributed by atoms with van der Waals surface area (Å²) >= 11 is 0. The number of carbonyl (C=O) groups is 2. The summed E-state index contributed by atoms with van der Waals surface area (Å²) in [6.07, 6.45) is 0. The van der Waals surface area contributed by atoms with Crippen molar-refractivity contribution in [1.82, 2.24) is 0 Å². The van der Waals surface area contributed by atoms with E-state index in [2.05, 4.69) is 10.3 Å². The number of hydrogen-bond donors (Lipinski definition) is 0. The molecule has 0 unspecified atom stereocenters. The summed E-state index contributed by atoms with van der Waals surface area (Å²) in [5.41, 5.74) is 2.02. The number of benzene rings is 3. The first kappa shape index (κ1) is 19.7. The van der Waals surface area contributed by atoms with E-state index < -0.39 is 0 Å². The SMILES string of the molecule is O=C1c2ccccc2C(=O)c2cc(N=NN([O-])c3ccccc3)ccc21.[K+]. The van der Waals surface area contributed by atoms with Gasteiger partial charge in [0.2, 0.25) is 0 Å². The van der Waals surface area contributed by atoms with Crippen molar-refractivity contribution in [2.45, 2.75) is 0 Å². The second-order valence-electron chi connectivity index (χ2n) is 5.73. The predicted octanol–water partition coefficient (Wildman–Crippen LogP) is 1.47. The number of fused-ring (bicyclic) bond motifs is 2. The van der Waals surface area contributed by atoms with Gasteiger partial charge in [0.1, 0.15) is 0 Å². The van der Waals surface area contributed by atoms with Gasteiger partial charge < -0.3 is 10.4 Å². The van der Waals surface area contributed by atoms with E-state index in [0.717, 1.165) is 0 Å². The molecule has 0 heterocycles. The molecule has 0 saturated heterocycles. The maximum atomic E-state index is 12.7. The quantitative estimate of drug-likeness (QED) is 0.306. The topological polar surface area (TPSA) is 85.2 Å². The Hall–Kier alpha value is -2.00. The van der Waals surface area contributed by atoms with Crippen molar-refractivity contribution in [3.8, 4) is 0 Å². The molecule has 0 bridgehead atoms. The molecule has 3 aromatic rings. The Morgan fingerprint density at radius 1 is 0.704 bits per heavy atom. The van der Waals surface area contributed by atoms with E-state index in [1.807, 2.05) is 0 Å². The van der Waals surface area contributed by atoms with Crippen molar-refractivity contribution < 1.29 is 61.0 Å². The van der Waals surface area contributed by atoms with Crippen molar-refractivity contribution in [2.24, 2.45) is 10.3 Å². The van der Waals surface area contributed by atoms with Crippen LogP contribution in [0.3, 0.4) is 0 Å². The van der Waals surface area contributed by atoms with Crippen LogP contribution in [-0.2, 0) is 0 Å². The first-order chi connectivity index (χ1) is 12.6. The molecule has 1 aliphatic carbocycles. The fourth-order valence-electron chi connectivity index (χ4n) is 2.85. The summed E-state index contributed by atoms with van der Waals surface area (Å²) in [5.74, 6) is -0.442. The average molecular weight is 381 g/mol. The van der Waals surface area contributed by atoms with E-state index in [4.69, 9.17) is 0 Å². The number of para-hydroxylation sites is 1. The number of nitrogens with zero attached hydrogens (tertiary/aromatic N) is 3. The maximum absolute atomic E-state index is 12.7. The number of rotatable bonds is 3. The molecule has 4 rings (SSSR count). The molecule has 0 saturated carbocycles. The Balaban J connectivity index is 0.00000210. The molecule has 0 aliphatic heterocycles. The van der Waals surface area contributed by atoms with E-state index in [1.54, 1.807) is 60.7 Å². The van der Waals surface area contributed by atoms with E-state index in [1.165, 1.54) is 12.1 Å². The Labute approximate surface area is 197 Å². The maximum Gasteiger partial charge on any atom is 1.00 e. The zero-order chi connectivity index (χ0) is 18.1. The van der Waals surface area contributed by atoms with Gasteiger partial charge in [-0.25, -0.2) is 0 Å². The van der Waals surface area contributed by atoms with Crippen LogP contribution in [0.1, 0.15) is 31.8 Å². The van der Waals surface area contributed by atoms with Gasteiger partial charge in [-0.1, -0.05) is 47.7 Å². The molecule has 7 heteroatoms. The molecular formula is C20H12KN3O3. The standard InChI is InChI=1S/C20H12N3O3.K/c24-19-15-8-4-5-9-16(15)20(25)18-12-13(10-11-17(18)19)21-22-23(26)14-6-2-1-3-7-14;/h1-12H;/q-1;+1. The van der Waals surface area contributed by atoms with Crippen molar-refractivity contribution >= 4 is 22.9 Å². The minimum atomic E-state index is -0.241. The van der Waals surface area contributed by atoms with E-state index >= 15 is 0 Å². The molecule has 0 N–H and O–H groups in total. The van der Waals surface area contributed by atoms with Gasteiger partial charge in [0.25, 0.3) is 0 Å². The summed E-state index contributed by atoms with van der Waals surface area (Å²) in [6.45, 7) is 0. The summed E-state index contributed by atoms with van der Waals surface area (Å²) in [4.78, 5) is 25.2. The zero-order valence-corrected chi connectivity index (χ0v) is 17.6. The van der Waals surface area contributed by atoms with Crippen LogP contribution in [0.25, 0.3) is 0 Å². The molecule has 0 amide bonds. The first-order valence-electron chi connectivity index (χ1n) is 7.91. The van der Waals surface area contributed by atoms with Gasteiger partial charge in [-0.05, 0) is 30.3 Å². The summed E-state index contributed by atoms with van der Waals surface area (Å²) in [5, 5.41) is 19.8. The Bertz CT molecular complexity index is 1050. The van der Waals surface area contributed by atoms with E-state index in [-0.39, 0.29) is 68.5 Å². The smallest absolute Gasteiger partial charge is 0.736 e. The monoisotopic (exact) mass is 381 g/mol. The van der Waals surface area contributed by atoms with Gasteiger partial charge in [-0.3, -0.25) is 9.59 Å². The van der Waals surface area contributed by atoms with Gasteiger partial charge in [0, 0.05) is 27.9 Å². The molecule has 0 spiro atoms. The van der Waals surface area contributed by atoms with Gasteiger partial charge in [-0.2, -0.15) is 0 Å². The van der Waals surface area contributed by atoms with Gasteiger partial charge >= 0.3 is 51.4 Å². The molecule has 27 heavy (non-hydrogen) atoms. The molecule has 0 atom stereocenters. The summed E-state index contributed by atoms with van der Waals surface area (Å²) < 4.78 is 0. The van der Waals surface area contributed by atoms with Crippen molar-refractivity contribution in [1.29, 1.82) is 0 Å². The number of carbonyl (C=O) groups excluding carboxylic acids is 2. The van der Waals surface area contributed by atoms with Crippen LogP contribution in [0.5, 0.6) is 0 Å². The average Bonchev–Trinajstić information content (AvgIpc) is 2.70. The van der Waals surface area contributed by atoms with Gasteiger partial charge in [0.15, 0.2) is 11.6 Å². The number of ketones is 2. The Morgan fingerprint density at radius 2 is 1.26 bits per heavy atom. The molecule has 0 fully saturated rings. The fraction of sp³-hybridized carbons (Fsp3) is 0. The predicted molar refractivity (Wildman–Crippen MR) is 96.6 cm³/mol. The minimum absolute atomic E-state index is 0. The normalized spacial score (nSPS) is 12.3. The van der Waals surface area contributed by atoms with Crippen LogP contribution in [0.4, 0.5) is 11.4 Å². The molecule has 3 aromatic carbocycles.